The van der Waals surface area contributed by atoms with E-state index >= 15 is 0 Å². The Morgan fingerprint density at radius 2 is 1.87 bits per heavy atom. The van der Waals surface area contributed by atoms with Gasteiger partial charge in [0.2, 0.25) is 0 Å². The number of terminal acetylenes is 1. The molecule has 0 amide bonds. The van der Waals surface area contributed by atoms with Gasteiger partial charge in [-0.3, -0.25) is 0 Å². The summed E-state index contributed by atoms with van der Waals surface area (Å²) in [6.07, 6.45) is 15.1. The molecule has 88 valence electrons. The fourth-order valence-electron chi connectivity index (χ4n) is 1.84. The molecule has 0 aliphatic heterocycles. The third-order valence-corrected chi connectivity index (χ3v) is 2.69. The molecule has 0 saturated carbocycles. The summed E-state index contributed by atoms with van der Waals surface area (Å²) >= 11 is 0. The minimum absolute atomic E-state index is 0.737. The van der Waals surface area contributed by atoms with E-state index in [1.807, 2.05) is 0 Å². The molecule has 0 aliphatic carbocycles. The predicted octanol–water partition coefficient (Wildman–Crippen LogP) is 3.74. The molecule has 1 atom stereocenters. The van der Waals surface area contributed by atoms with Crippen molar-refractivity contribution in [1.82, 2.24) is 5.32 Å². The Balaban J connectivity index is 3.43. The number of rotatable bonds is 10. The van der Waals surface area contributed by atoms with Gasteiger partial charge in [0.25, 0.3) is 0 Å². The summed E-state index contributed by atoms with van der Waals surface area (Å²) in [6, 6.07) is 0.737. The molecule has 0 heterocycles. The lowest BCUT2D eigenvalue weighted by molar-refractivity contribution is 0.430. The maximum Gasteiger partial charge on any atom is 0.00860 e. The van der Waals surface area contributed by atoms with Crippen LogP contribution in [0.3, 0.4) is 0 Å². The topological polar surface area (TPSA) is 12.0 Å². The predicted molar refractivity (Wildman–Crippen MR) is 68.9 cm³/mol. The number of unbranched alkanes of at least 4 members (excludes halogenated alkanes) is 3. The van der Waals surface area contributed by atoms with Gasteiger partial charge in [-0.05, 0) is 32.2 Å². The quantitative estimate of drug-likeness (QED) is 0.427. The zero-order valence-electron chi connectivity index (χ0n) is 10.5. The monoisotopic (exact) mass is 209 g/mol. The van der Waals surface area contributed by atoms with E-state index in [1.165, 1.54) is 44.9 Å². The van der Waals surface area contributed by atoms with Crippen LogP contribution in [0.25, 0.3) is 0 Å². The standard InChI is InChI=1S/C14H27N/c1-4-7-8-9-10-12-14(11-5-2)15-13-6-3/h1,14-15H,5-13H2,2-3H3. The van der Waals surface area contributed by atoms with Gasteiger partial charge < -0.3 is 5.32 Å². The van der Waals surface area contributed by atoms with Crippen molar-refractivity contribution in [3.63, 3.8) is 0 Å². The van der Waals surface area contributed by atoms with Gasteiger partial charge in [0.15, 0.2) is 0 Å². The first-order valence-electron chi connectivity index (χ1n) is 6.52. The van der Waals surface area contributed by atoms with Gasteiger partial charge in [-0.1, -0.05) is 33.1 Å². The molecule has 0 radical (unpaired) electrons. The summed E-state index contributed by atoms with van der Waals surface area (Å²) in [6.45, 7) is 5.65. The average Bonchev–Trinajstić information content (AvgIpc) is 2.25. The minimum atomic E-state index is 0.737. The van der Waals surface area contributed by atoms with Crippen LogP contribution in [0.1, 0.15) is 65.2 Å². The molecule has 0 aromatic rings. The van der Waals surface area contributed by atoms with Crippen molar-refractivity contribution >= 4 is 0 Å². The van der Waals surface area contributed by atoms with Crippen molar-refractivity contribution in [3.05, 3.63) is 0 Å². The Kier molecular flexibility index (Phi) is 11.2. The summed E-state index contributed by atoms with van der Waals surface area (Å²) in [5.41, 5.74) is 0. The van der Waals surface area contributed by atoms with Gasteiger partial charge in [0, 0.05) is 12.5 Å². The zero-order chi connectivity index (χ0) is 11.4. The minimum Gasteiger partial charge on any atom is -0.314 e. The van der Waals surface area contributed by atoms with Crippen LogP contribution in [0.5, 0.6) is 0 Å². The number of hydrogen-bond donors (Lipinski definition) is 1. The van der Waals surface area contributed by atoms with Crippen LogP contribution in [-0.2, 0) is 0 Å². The summed E-state index contributed by atoms with van der Waals surface area (Å²) < 4.78 is 0. The molecule has 0 aromatic carbocycles. The van der Waals surface area contributed by atoms with Crippen molar-refractivity contribution in [1.29, 1.82) is 0 Å². The van der Waals surface area contributed by atoms with Gasteiger partial charge >= 0.3 is 0 Å². The Hall–Kier alpha value is -0.480. The van der Waals surface area contributed by atoms with Crippen LogP contribution in [0, 0.1) is 12.3 Å². The van der Waals surface area contributed by atoms with E-state index in [0.29, 0.717) is 0 Å². The Bertz CT molecular complexity index is 157. The molecule has 1 nitrogen and oxygen atoms in total. The third kappa shape index (κ3) is 9.82. The highest BCUT2D eigenvalue weighted by Crippen LogP contribution is 2.09. The van der Waals surface area contributed by atoms with Crippen molar-refractivity contribution in [3.8, 4) is 12.3 Å². The van der Waals surface area contributed by atoms with Gasteiger partial charge in [0.1, 0.15) is 0 Å². The summed E-state index contributed by atoms with van der Waals surface area (Å²) in [5.74, 6) is 2.70. The fourth-order valence-corrected chi connectivity index (χ4v) is 1.84. The molecule has 1 heteroatoms. The van der Waals surface area contributed by atoms with Crippen LogP contribution >= 0.6 is 0 Å². The molecule has 0 aromatic heterocycles. The largest absolute Gasteiger partial charge is 0.314 e. The number of nitrogens with one attached hydrogen (secondary N) is 1. The molecule has 0 spiro atoms. The van der Waals surface area contributed by atoms with E-state index in [4.69, 9.17) is 6.42 Å². The van der Waals surface area contributed by atoms with E-state index < -0.39 is 0 Å². The van der Waals surface area contributed by atoms with Crippen LogP contribution in [0.2, 0.25) is 0 Å². The number of hydrogen-bond acceptors (Lipinski definition) is 1. The highest BCUT2D eigenvalue weighted by Gasteiger charge is 2.05. The molecule has 0 bridgehead atoms. The summed E-state index contributed by atoms with van der Waals surface area (Å²) in [7, 11) is 0. The van der Waals surface area contributed by atoms with Crippen LogP contribution in [0.4, 0.5) is 0 Å². The average molecular weight is 209 g/mol. The fraction of sp³-hybridized carbons (Fsp3) is 0.857. The molecule has 1 unspecified atom stereocenters. The van der Waals surface area contributed by atoms with E-state index in [-0.39, 0.29) is 0 Å². The van der Waals surface area contributed by atoms with Gasteiger partial charge in [-0.25, -0.2) is 0 Å². The van der Waals surface area contributed by atoms with Crippen LogP contribution in [-0.4, -0.2) is 12.6 Å². The maximum absolute atomic E-state index is 5.22. The molecule has 1 N–H and O–H groups in total. The highest BCUT2D eigenvalue weighted by molar-refractivity contribution is 4.82. The molecule has 0 fully saturated rings. The smallest absolute Gasteiger partial charge is 0.00860 e. The summed E-state index contributed by atoms with van der Waals surface area (Å²) in [4.78, 5) is 0. The van der Waals surface area contributed by atoms with Crippen molar-refractivity contribution < 1.29 is 0 Å². The van der Waals surface area contributed by atoms with E-state index in [9.17, 15) is 0 Å². The normalized spacial score (nSPS) is 12.3. The molecule has 15 heavy (non-hydrogen) atoms. The second-order valence-corrected chi connectivity index (χ2v) is 4.24. The van der Waals surface area contributed by atoms with Gasteiger partial charge in [-0.15, -0.1) is 12.3 Å². The SMILES string of the molecule is C#CCCCCCC(CCC)NCCC. The zero-order valence-corrected chi connectivity index (χ0v) is 10.5. The van der Waals surface area contributed by atoms with Crippen molar-refractivity contribution in [2.45, 2.75) is 71.3 Å². The van der Waals surface area contributed by atoms with E-state index in [2.05, 4.69) is 25.1 Å². The first-order valence-corrected chi connectivity index (χ1v) is 6.52. The Morgan fingerprint density at radius 3 is 2.47 bits per heavy atom. The molecular weight excluding hydrogens is 182 g/mol. The van der Waals surface area contributed by atoms with E-state index in [0.717, 1.165) is 19.0 Å². The second kappa shape index (κ2) is 11.6. The molecule has 0 saturated heterocycles. The second-order valence-electron chi connectivity index (χ2n) is 4.24. The maximum atomic E-state index is 5.22. The van der Waals surface area contributed by atoms with Crippen LogP contribution < -0.4 is 5.32 Å². The first-order chi connectivity index (χ1) is 7.35. The molecular formula is C14H27N. The summed E-state index contributed by atoms with van der Waals surface area (Å²) in [5, 5.41) is 3.62. The van der Waals surface area contributed by atoms with Crippen molar-refractivity contribution in [2.24, 2.45) is 0 Å². The van der Waals surface area contributed by atoms with E-state index in [1.54, 1.807) is 0 Å². The molecule has 0 rings (SSSR count). The Labute approximate surface area is 96.0 Å². The molecule has 0 aliphatic rings. The van der Waals surface area contributed by atoms with Crippen molar-refractivity contribution in [2.75, 3.05) is 6.54 Å². The lowest BCUT2D eigenvalue weighted by Gasteiger charge is -2.17. The van der Waals surface area contributed by atoms with Crippen LogP contribution in [0.15, 0.2) is 0 Å². The third-order valence-electron chi connectivity index (χ3n) is 2.69. The van der Waals surface area contributed by atoms with Gasteiger partial charge in [0.05, 0.1) is 0 Å². The highest BCUT2D eigenvalue weighted by atomic mass is 14.9. The first kappa shape index (κ1) is 14.5. The lowest BCUT2D eigenvalue weighted by atomic mass is 10.0. The van der Waals surface area contributed by atoms with Gasteiger partial charge in [-0.2, -0.15) is 0 Å². The Morgan fingerprint density at radius 1 is 1.07 bits per heavy atom. The lowest BCUT2D eigenvalue weighted by Crippen LogP contribution is -2.29.